The van der Waals surface area contributed by atoms with Gasteiger partial charge in [-0.1, -0.05) is 18.5 Å². The number of hydrogen-bond acceptors (Lipinski definition) is 3. The van der Waals surface area contributed by atoms with Crippen LogP contribution in [0.1, 0.15) is 19.4 Å². The summed E-state index contributed by atoms with van der Waals surface area (Å²) in [5.74, 6) is -0.152. The summed E-state index contributed by atoms with van der Waals surface area (Å²) < 4.78 is 60.9. The van der Waals surface area contributed by atoms with E-state index in [1.807, 2.05) is 0 Å². The summed E-state index contributed by atoms with van der Waals surface area (Å²) in [7, 11) is -3.20. The molecule has 3 nitrogen and oxygen atoms in total. The third kappa shape index (κ3) is 4.86. The molecule has 0 heterocycles. The number of alkyl halides is 3. The van der Waals surface area contributed by atoms with Crippen molar-refractivity contribution in [1.29, 1.82) is 0 Å². The van der Waals surface area contributed by atoms with Crippen molar-refractivity contribution in [3.05, 3.63) is 28.8 Å². The summed E-state index contributed by atoms with van der Waals surface area (Å²) in [5.41, 5.74) is -0.768. The third-order valence-corrected chi connectivity index (χ3v) is 4.85. The van der Waals surface area contributed by atoms with Gasteiger partial charge in [-0.25, -0.2) is 8.42 Å². The van der Waals surface area contributed by atoms with Gasteiger partial charge in [0.15, 0.2) is 9.84 Å². The van der Waals surface area contributed by atoms with Crippen LogP contribution in [0.3, 0.4) is 0 Å². The molecule has 20 heavy (non-hydrogen) atoms. The van der Waals surface area contributed by atoms with Gasteiger partial charge in [0.25, 0.3) is 0 Å². The van der Waals surface area contributed by atoms with E-state index >= 15 is 0 Å². The molecule has 8 heteroatoms. The maximum absolute atomic E-state index is 12.7. The van der Waals surface area contributed by atoms with Crippen molar-refractivity contribution >= 4 is 27.1 Å². The van der Waals surface area contributed by atoms with Crippen LogP contribution in [0.2, 0.25) is 5.02 Å². The van der Waals surface area contributed by atoms with Gasteiger partial charge in [0, 0.05) is 17.5 Å². The van der Waals surface area contributed by atoms with Crippen molar-refractivity contribution in [2.45, 2.75) is 26.1 Å². The van der Waals surface area contributed by atoms with Crippen LogP contribution >= 0.6 is 11.6 Å². The quantitative estimate of drug-likeness (QED) is 0.898. The molecule has 0 radical (unpaired) electrons. The zero-order chi connectivity index (χ0) is 15.6. The SMILES string of the molecule is CCS(=O)(=O)CC(C)Nc1ccc(Cl)c(C(F)(F)F)c1. The highest BCUT2D eigenvalue weighted by atomic mass is 35.5. The molecule has 1 atom stereocenters. The number of nitrogens with one attached hydrogen (secondary N) is 1. The molecule has 1 unspecified atom stereocenters. The van der Waals surface area contributed by atoms with Gasteiger partial charge in [-0.2, -0.15) is 13.2 Å². The van der Waals surface area contributed by atoms with Crippen LogP contribution in [0, 0.1) is 0 Å². The Labute approximate surface area is 121 Å². The molecule has 0 bridgehead atoms. The van der Waals surface area contributed by atoms with Crippen molar-refractivity contribution in [1.82, 2.24) is 0 Å². The van der Waals surface area contributed by atoms with Gasteiger partial charge in [-0.05, 0) is 25.1 Å². The van der Waals surface area contributed by atoms with Gasteiger partial charge < -0.3 is 5.32 Å². The summed E-state index contributed by atoms with van der Waals surface area (Å²) in [6.45, 7) is 3.11. The summed E-state index contributed by atoms with van der Waals surface area (Å²) in [5, 5.41) is 2.34. The van der Waals surface area contributed by atoms with Crippen LogP contribution in [0.25, 0.3) is 0 Å². The van der Waals surface area contributed by atoms with Gasteiger partial charge in [0.05, 0.1) is 16.3 Å². The summed E-state index contributed by atoms with van der Waals surface area (Å²) in [6.07, 6.45) is -4.55. The molecule has 0 spiro atoms. The Morgan fingerprint density at radius 2 is 1.95 bits per heavy atom. The lowest BCUT2D eigenvalue weighted by atomic mass is 10.2. The molecule has 0 aliphatic carbocycles. The Morgan fingerprint density at radius 1 is 1.35 bits per heavy atom. The molecule has 0 saturated carbocycles. The van der Waals surface area contributed by atoms with Gasteiger partial charge in [0.2, 0.25) is 0 Å². The normalized spacial score (nSPS) is 14.1. The molecule has 0 aliphatic rings. The molecule has 1 rings (SSSR count). The van der Waals surface area contributed by atoms with E-state index in [1.54, 1.807) is 6.92 Å². The maximum atomic E-state index is 12.7. The predicted octanol–water partition coefficient (Wildman–Crippen LogP) is 3.59. The first-order valence-electron chi connectivity index (χ1n) is 5.89. The molecule has 0 aliphatic heterocycles. The second kappa shape index (κ2) is 6.22. The van der Waals surface area contributed by atoms with E-state index in [-0.39, 0.29) is 17.2 Å². The lowest BCUT2D eigenvalue weighted by Gasteiger charge is -2.17. The summed E-state index contributed by atoms with van der Waals surface area (Å²) >= 11 is 5.50. The van der Waals surface area contributed by atoms with Crippen molar-refractivity contribution in [2.24, 2.45) is 0 Å². The molecule has 1 N–H and O–H groups in total. The highest BCUT2D eigenvalue weighted by Crippen LogP contribution is 2.36. The molecular weight excluding hydrogens is 315 g/mol. The summed E-state index contributed by atoms with van der Waals surface area (Å²) in [6, 6.07) is 2.89. The topological polar surface area (TPSA) is 46.2 Å². The van der Waals surface area contributed by atoms with Gasteiger partial charge >= 0.3 is 6.18 Å². The largest absolute Gasteiger partial charge is 0.417 e. The molecule has 0 saturated heterocycles. The predicted molar refractivity (Wildman–Crippen MR) is 73.9 cm³/mol. The van der Waals surface area contributed by atoms with Crippen LogP contribution < -0.4 is 5.32 Å². The molecule has 1 aromatic rings. The Hall–Kier alpha value is -0.950. The van der Waals surface area contributed by atoms with Gasteiger partial charge in [-0.15, -0.1) is 0 Å². The Morgan fingerprint density at radius 3 is 2.45 bits per heavy atom. The number of benzene rings is 1. The minimum Gasteiger partial charge on any atom is -0.382 e. The molecule has 114 valence electrons. The fourth-order valence-electron chi connectivity index (χ4n) is 1.66. The Balaban J connectivity index is 2.89. The number of rotatable bonds is 5. The van der Waals surface area contributed by atoms with Crippen LogP contribution in [-0.4, -0.2) is 26.0 Å². The average molecular weight is 330 g/mol. The first-order valence-corrected chi connectivity index (χ1v) is 8.09. The number of sulfone groups is 1. The molecular formula is C12H15ClF3NO2S. The minimum absolute atomic E-state index is 0.00651. The first-order chi connectivity index (χ1) is 9.05. The van der Waals surface area contributed by atoms with Crippen molar-refractivity contribution in [2.75, 3.05) is 16.8 Å². The minimum atomic E-state index is -4.55. The fraction of sp³-hybridized carbons (Fsp3) is 0.500. The number of hydrogen-bond donors (Lipinski definition) is 1. The van der Waals surface area contributed by atoms with E-state index in [9.17, 15) is 21.6 Å². The number of halogens is 4. The third-order valence-electron chi connectivity index (χ3n) is 2.63. The van der Waals surface area contributed by atoms with E-state index in [4.69, 9.17) is 11.6 Å². The van der Waals surface area contributed by atoms with Gasteiger partial charge in [-0.3, -0.25) is 0 Å². The number of anilines is 1. The van der Waals surface area contributed by atoms with Crippen molar-refractivity contribution < 1.29 is 21.6 Å². The molecule has 0 fully saturated rings. The lowest BCUT2D eigenvalue weighted by Crippen LogP contribution is -2.26. The van der Waals surface area contributed by atoms with Crippen molar-refractivity contribution in [3.63, 3.8) is 0 Å². The Bertz CT molecular complexity index is 573. The van der Waals surface area contributed by atoms with E-state index in [0.717, 1.165) is 12.1 Å². The molecule has 0 aromatic heterocycles. The maximum Gasteiger partial charge on any atom is 0.417 e. The zero-order valence-electron chi connectivity index (χ0n) is 11.0. The van der Waals surface area contributed by atoms with E-state index in [0.29, 0.717) is 0 Å². The lowest BCUT2D eigenvalue weighted by molar-refractivity contribution is -0.137. The first kappa shape index (κ1) is 17.1. The average Bonchev–Trinajstić information content (AvgIpc) is 2.29. The van der Waals surface area contributed by atoms with Crippen LogP contribution in [-0.2, 0) is 16.0 Å². The Kier molecular flexibility index (Phi) is 5.32. The molecule has 1 aromatic carbocycles. The smallest absolute Gasteiger partial charge is 0.382 e. The second-order valence-corrected chi connectivity index (χ2v) is 7.24. The van der Waals surface area contributed by atoms with Gasteiger partial charge in [0.1, 0.15) is 0 Å². The van der Waals surface area contributed by atoms with Crippen molar-refractivity contribution in [3.8, 4) is 0 Å². The second-order valence-electron chi connectivity index (χ2n) is 4.44. The van der Waals surface area contributed by atoms with E-state index < -0.39 is 32.6 Å². The van der Waals surface area contributed by atoms with E-state index in [1.165, 1.54) is 13.0 Å². The monoisotopic (exact) mass is 329 g/mol. The highest BCUT2D eigenvalue weighted by Gasteiger charge is 2.33. The van der Waals surface area contributed by atoms with Crippen LogP contribution in [0.5, 0.6) is 0 Å². The van der Waals surface area contributed by atoms with E-state index in [2.05, 4.69) is 5.32 Å². The van der Waals surface area contributed by atoms with Crippen LogP contribution in [0.15, 0.2) is 18.2 Å². The summed E-state index contributed by atoms with van der Waals surface area (Å²) in [4.78, 5) is 0. The fourth-order valence-corrected chi connectivity index (χ4v) is 2.96. The van der Waals surface area contributed by atoms with Crippen LogP contribution in [0.4, 0.5) is 18.9 Å². The molecule has 0 amide bonds. The standard InChI is InChI=1S/C12H15ClF3NO2S/c1-3-20(18,19)7-8(2)17-9-4-5-11(13)10(6-9)12(14,15)16/h4-6,8,17H,3,7H2,1-2H3. The zero-order valence-corrected chi connectivity index (χ0v) is 12.5. The highest BCUT2D eigenvalue weighted by molar-refractivity contribution is 7.91.